The number of likely N-dealkylation sites (tertiary alicyclic amines) is 1. The zero-order valence-corrected chi connectivity index (χ0v) is 11.2. The van der Waals surface area contributed by atoms with Crippen molar-refractivity contribution >= 4 is 17.3 Å². The zero-order chi connectivity index (χ0) is 13.1. The van der Waals surface area contributed by atoms with Gasteiger partial charge in [-0.2, -0.15) is 0 Å². The molecule has 1 saturated heterocycles. The van der Waals surface area contributed by atoms with Crippen LogP contribution < -0.4 is 4.90 Å². The first kappa shape index (κ1) is 13.3. The van der Waals surface area contributed by atoms with Gasteiger partial charge in [0.15, 0.2) is 0 Å². The maximum Gasteiger partial charge on any atom is 0.278 e. The van der Waals surface area contributed by atoms with Gasteiger partial charge in [-0.05, 0) is 25.0 Å². The summed E-state index contributed by atoms with van der Waals surface area (Å²) in [4.78, 5) is 12.1. The number of quaternary nitrogens is 1. The van der Waals surface area contributed by atoms with Crippen molar-refractivity contribution in [3.63, 3.8) is 0 Å². The van der Waals surface area contributed by atoms with Crippen LogP contribution in [0.15, 0.2) is 18.2 Å². The predicted molar refractivity (Wildman–Crippen MR) is 70.9 cm³/mol. The molecule has 0 radical (unpaired) electrons. The first-order valence-electron chi connectivity index (χ1n) is 6.32. The number of hydrogen-bond donors (Lipinski definition) is 1. The SMILES string of the molecule is C[C@H]1CCC[NH+](Cc2cc(Cl)ccc2[N+](=O)[O-])C1. The van der Waals surface area contributed by atoms with Crippen LogP contribution in [0.3, 0.4) is 0 Å². The molecular formula is C13H18ClN2O2+. The van der Waals surface area contributed by atoms with Crippen molar-refractivity contribution in [1.29, 1.82) is 0 Å². The molecule has 1 unspecified atom stereocenters. The number of piperidine rings is 1. The highest BCUT2D eigenvalue weighted by Crippen LogP contribution is 2.22. The second-order valence-corrected chi connectivity index (χ2v) is 5.59. The number of nitro benzene ring substituents is 1. The van der Waals surface area contributed by atoms with Crippen molar-refractivity contribution in [2.24, 2.45) is 5.92 Å². The van der Waals surface area contributed by atoms with E-state index in [9.17, 15) is 10.1 Å². The fourth-order valence-corrected chi connectivity index (χ4v) is 2.90. The van der Waals surface area contributed by atoms with Crippen LogP contribution in [-0.4, -0.2) is 18.0 Å². The molecule has 1 aliphatic heterocycles. The van der Waals surface area contributed by atoms with E-state index in [1.807, 2.05) is 0 Å². The molecule has 18 heavy (non-hydrogen) atoms. The minimum Gasteiger partial charge on any atom is -0.331 e. The van der Waals surface area contributed by atoms with Crippen LogP contribution in [0.4, 0.5) is 5.69 Å². The molecular weight excluding hydrogens is 252 g/mol. The van der Waals surface area contributed by atoms with Gasteiger partial charge >= 0.3 is 0 Å². The Morgan fingerprint density at radius 3 is 3.00 bits per heavy atom. The van der Waals surface area contributed by atoms with E-state index in [2.05, 4.69) is 6.92 Å². The summed E-state index contributed by atoms with van der Waals surface area (Å²) in [6.07, 6.45) is 2.46. The summed E-state index contributed by atoms with van der Waals surface area (Å²) in [5, 5.41) is 11.6. The third-order valence-corrected chi connectivity index (χ3v) is 3.78. The van der Waals surface area contributed by atoms with Crippen LogP contribution in [0.25, 0.3) is 0 Å². The maximum atomic E-state index is 11.0. The smallest absolute Gasteiger partial charge is 0.278 e. The number of halogens is 1. The molecule has 1 aromatic rings. The summed E-state index contributed by atoms with van der Waals surface area (Å²) in [6, 6.07) is 4.81. The third kappa shape index (κ3) is 3.21. The Hall–Kier alpha value is -1.13. The molecule has 4 nitrogen and oxygen atoms in total. The van der Waals surface area contributed by atoms with E-state index in [0.717, 1.165) is 18.7 Å². The number of hydrogen-bond acceptors (Lipinski definition) is 2. The second-order valence-electron chi connectivity index (χ2n) is 5.16. The number of nitrogens with zero attached hydrogens (tertiary/aromatic N) is 1. The van der Waals surface area contributed by atoms with Gasteiger partial charge in [0.25, 0.3) is 5.69 Å². The lowest BCUT2D eigenvalue weighted by Crippen LogP contribution is -3.12. The Bertz CT molecular complexity index is 451. The van der Waals surface area contributed by atoms with E-state index in [4.69, 9.17) is 11.6 Å². The van der Waals surface area contributed by atoms with Crippen LogP contribution in [0.2, 0.25) is 5.02 Å². The summed E-state index contributed by atoms with van der Waals surface area (Å²) in [6.45, 7) is 5.12. The number of rotatable bonds is 3. The molecule has 2 rings (SSSR count). The molecule has 2 atom stereocenters. The average molecular weight is 270 g/mol. The molecule has 0 spiro atoms. The zero-order valence-electron chi connectivity index (χ0n) is 10.5. The molecule has 1 aromatic carbocycles. The van der Waals surface area contributed by atoms with Crippen molar-refractivity contribution in [2.45, 2.75) is 26.3 Å². The Kier molecular flexibility index (Phi) is 4.19. The normalized spacial score (nSPS) is 23.9. The molecule has 0 aliphatic carbocycles. The lowest BCUT2D eigenvalue weighted by molar-refractivity contribution is -0.922. The highest BCUT2D eigenvalue weighted by molar-refractivity contribution is 6.30. The first-order chi connectivity index (χ1) is 8.56. The van der Waals surface area contributed by atoms with Crippen LogP contribution in [0.5, 0.6) is 0 Å². The second kappa shape index (κ2) is 5.67. The standard InChI is InChI=1S/C13H17ClN2O2/c1-10-3-2-6-15(8-10)9-11-7-12(14)4-5-13(11)16(17)18/h4-5,7,10H,2-3,6,8-9H2,1H3/p+1/t10-/m0/s1. The quantitative estimate of drug-likeness (QED) is 0.674. The van der Waals surface area contributed by atoms with Gasteiger partial charge in [0.1, 0.15) is 6.54 Å². The van der Waals surface area contributed by atoms with Crippen molar-refractivity contribution in [1.82, 2.24) is 0 Å². The summed E-state index contributed by atoms with van der Waals surface area (Å²) in [7, 11) is 0. The van der Waals surface area contributed by atoms with Gasteiger partial charge < -0.3 is 4.90 Å². The minimum atomic E-state index is -0.321. The minimum absolute atomic E-state index is 0.185. The molecule has 5 heteroatoms. The molecule has 1 fully saturated rings. The highest BCUT2D eigenvalue weighted by atomic mass is 35.5. The predicted octanol–water partition coefficient (Wildman–Crippen LogP) is 2.06. The molecule has 0 saturated carbocycles. The molecule has 0 amide bonds. The van der Waals surface area contributed by atoms with E-state index in [0.29, 0.717) is 17.5 Å². The van der Waals surface area contributed by atoms with E-state index < -0.39 is 0 Å². The van der Waals surface area contributed by atoms with Crippen molar-refractivity contribution in [3.8, 4) is 0 Å². The van der Waals surface area contributed by atoms with Gasteiger partial charge in [-0.25, -0.2) is 0 Å². The van der Waals surface area contributed by atoms with Crippen molar-refractivity contribution in [3.05, 3.63) is 38.9 Å². The fraction of sp³-hybridized carbons (Fsp3) is 0.538. The van der Waals surface area contributed by atoms with Crippen LogP contribution in [0, 0.1) is 16.0 Å². The topological polar surface area (TPSA) is 47.6 Å². The number of nitro groups is 1. The van der Waals surface area contributed by atoms with E-state index >= 15 is 0 Å². The van der Waals surface area contributed by atoms with Crippen LogP contribution in [0.1, 0.15) is 25.3 Å². The summed E-state index contributed by atoms with van der Waals surface area (Å²) < 4.78 is 0. The Balaban J connectivity index is 2.16. The molecule has 98 valence electrons. The third-order valence-electron chi connectivity index (χ3n) is 3.54. The molecule has 1 aliphatic rings. The summed E-state index contributed by atoms with van der Waals surface area (Å²) >= 11 is 5.94. The Morgan fingerprint density at radius 2 is 2.33 bits per heavy atom. The molecule has 0 bridgehead atoms. The first-order valence-corrected chi connectivity index (χ1v) is 6.70. The van der Waals surface area contributed by atoms with E-state index in [1.54, 1.807) is 12.1 Å². The van der Waals surface area contributed by atoms with E-state index in [1.165, 1.54) is 23.8 Å². The number of benzene rings is 1. The van der Waals surface area contributed by atoms with Gasteiger partial charge in [-0.1, -0.05) is 18.5 Å². The van der Waals surface area contributed by atoms with Crippen LogP contribution in [-0.2, 0) is 6.54 Å². The average Bonchev–Trinajstić information content (AvgIpc) is 2.28. The van der Waals surface area contributed by atoms with E-state index in [-0.39, 0.29) is 10.6 Å². The Morgan fingerprint density at radius 1 is 1.56 bits per heavy atom. The van der Waals surface area contributed by atoms with Crippen LogP contribution >= 0.6 is 11.6 Å². The van der Waals surface area contributed by atoms with Gasteiger partial charge in [0, 0.05) is 17.0 Å². The van der Waals surface area contributed by atoms with Gasteiger partial charge in [-0.15, -0.1) is 0 Å². The van der Waals surface area contributed by atoms with Gasteiger partial charge in [0.2, 0.25) is 0 Å². The van der Waals surface area contributed by atoms with Crippen molar-refractivity contribution < 1.29 is 9.82 Å². The summed E-state index contributed by atoms with van der Waals surface area (Å²) in [5.74, 6) is 0.701. The van der Waals surface area contributed by atoms with Gasteiger partial charge in [0.05, 0.1) is 23.6 Å². The maximum absolute atomic E-state index is 11.0. The van der Waals surface area contributed by atoms with Gasteiger partial charge in [-0.3, -0.25) is 10.1 Å². The monoisotopic (exact) mass is 269 g/mol. The largest absolute Gasteiger partial charge is 0.331 e. The molecule has 1 N–H and O–H groups in total. The fourth-order valence-electron chi connectivity index (χ4n) is 2.70. The lowest BCUT2D eigenvalue weighted by Gasteiger charge is -2.27. The summed E-state index contributed by atoms with van der Waals surface area (Å²) in [5.41, 5.74) is 0.932. The lowest BCUT2D eigenvalue weighted by atomic mass is 9.99. The van der Waals surface area contributed by atoms with Crippen molar-refractivity contribution in [2.75, 3.05) is 13.1 Å². The number of nitrogens with one attached hydrogen (secondary N) is 1. The molecule has 1 heterocycles. The molecule has 0 aromatic heterocycles. The highest BCUT2D eigenvalue weighted by Gasteiger charge is 2.23. The Labute approximate surface area is 112 Å².